The predicted octanol–water partition coefficient (Wildman–Crippen LogP) is 4.59. The number of allylic oxidation sites excluding steroid dienone is 2. The lowest BCUT2D eigenvalue weighted by molar-refractivity contribution is 0.288. The van der Waals surface area contributed by atoms with Gasteiger partial charge in [0.05, 0.1) is 12.5 Å². The Labute approximate surface area is 98.5 Å². The molecule has 1 heterocycles. The molecule has 0 aliphatic heterocycles. The Bertz CT molecular complexity index is 357. The van der Waals surface area contributed by atoms with Crippen molar-refractivity contribution in [3.8, 4) is 0 Å². The Kier molecular flexibility index (Phi) is 3.22. The first-order valence-corrected chi connectivity index (χ1v) is 6.31. The van der Waals surface area contributed by atoms with Crippen LogP contribution >= 0.6 is 0 Å². The van der Waals surface area contributed by atoms with E-state index in [-0.39, 0.29) is 0 Å². The van der Waals surface area contributed by atoms with E-state index in [4.69, 9.17) is 4.42 Å². The van der Waals surface area contributed by atoms with Crippen LogP contribution in [0.4, 0.5) is 0 Å². The van der Waals surface area contributed by atoms with Crippen molar-refractivity contribution in [2.75, 3.05) is 0 Å². The summed E-state index contributed by atoms with van der Waals surface area (Å²) in [4.78, 5) is 0. The molecule has 1 aromatic rings. The summed E-state index contributed by atoms with van der Waals surface area (Å²) < 4.78 is 5.10. The summed E-state index contributed by atoms with van der Waals surface area (Å²) in [6, 6.07) is 2.05. The summed E-state index contributed by atoms with van der Waals surface area (Å²) in [5, 5.41) is 0. The summed E-state index contributed by atoms with van der Waals surface area (Å²) in [6.07, 6.45) is 11.1. The van der Waals surface area contributed by atoms with Gasteiger partial charge in [-0.05, 0) is 42.2 Å². The van der Waals surface area contributed by atoms with Crippen molar-refractivity contribution < 1.29 is 4.42 Å². The van der Waals surface area contributed by atoms with Gasteiger partial charge in [-0.25, -0.2) is 0 Å². The monoisotopic (exact) mass is 218 g/mol. The van der Waals surface area contributed by atoms with E-state index in [0.717, 1.165) is 12.3 Å². The van der Waals surface area contributed by atoms with Gasteiger partial charge in [-0.15, -0.1) is 0 Å². The molecule has 1 saturated carbocycles. The minimum atomic E-state index is 0.390. The maximum atomic E-state index is 5.10. The molecule has 0 spiro atoms. The summed E-state index contributed by atoms with van der Waals surface area (Å²) >= 11 is 0. The number of hydrogen-bond donors (Lipinski definition) is 0. The second-order valence-electron chi connectivity index (χ2n) is 5.67. The van der Waals surface area contributed by atoms with Gasteiger partial charge >= 0.3 is 0 Å². The highest BCUT2D eigenvalue weighted by molar-refractivity contribution is 5.21. The number of rotatable bonds is 2. The highest BCUT2D eigenvalue weighted by atomic mass is 16.3. The first-order valence-electron chi connectivity index (χ1n) is 6.31. The quantitative estimate of drug-likeness (QED) is 0.661. The Hall–Kier alpha value is -0.980. The third-order valence-electron chi connectivity index (χ3n) is 3.89. The first-order chi connectivity index (χ1) is 7.59. The lowest BCUT2D eigenvalue weighted by Gasteiger charge is -2.37. The molecule has 0 saturated heterocycles. The van der Waals surface area contributed by atoms with E-state index in [2.05, 4.69) is 32.9 Å². The van der Waals surface area contributed by atoms with Gasteiger partial charge in [0.2, 0.25) is 0 Å². The molecule has 0 aromatic carbocycles. The van der Waals surface area contributed by atoms with Crippen LogP contribution in [0.5, 0.6) is 0 Å². The number of furan rings is 1. The maximum Gasteiger partial charge on any atom is 0.0937 e. The molecule has 1 nitrogen and oxygen atoms in total. The molecule has 0 unspecified atom stereocenters. The largest absolute Gasteiger partial charge is 0.472 e. The Morgan fingerprint density at radius 1 is 1.50 bits per heavy atom. The topological polar surface area (TPSA) is 13.1 Å². The summed E-state index contributed by atoms with van der Waals surface area (Å²) in [5.74, 6) is 0.746. The fraction of sp³-hybridized carbons (Fsp3) is 0.600. The molecular formula is C15H22O. The second kappa shape index (κ2) is 4.48. The molecule has 0 radical (unpaired) electrons. The van der Waals surface area contributed by atoms with Crippen molar-refractivity contribution in [3.05, 3.63) is 35.8 Å². The highest BCUT2D eigenvalue weighted by Gasteiger charge is 2.30. The van der Waals surface area contributed by atoms with E-state index in [0.29, 0.717) is 5.41 Å². The normalized spacial score (nSPS) is 27.2. The van der Waals surface area contributed by atoms with Crippen LogP contribution in [0.15, 0.2) is 34.7 Å². The van der Waals surface area contributed by atoms with Crippen LogP contribution in [0.3, 0.4) is 0 Å². The Morgan fingerprint density at radius 3 is 2.94 bits per heavy atom. The van der Waals surface area contributed by atoms with Gasteiger partial charge in [-0.1, -0.05) is 38.8 Å². The molecule has 0 N–H and O–H groups in total. The zero-order chi connectivity index (χ0) is 11.6. The SMILES string of the molecule is C[C@@H]1CCCC(C)(C)/C1=C/Cc1ccoc1. The second-order valence-corrected chi connectivity index (χ2v) is 5.67. The molecule has 0 amide bonds. The van der Waals surface area contributed by atoms with Crippen LogP contribution in [0.25, 0.3) is 0 Å². The smallest absolute Gasteiger partial charge is 0.0937 e. The molecule has 0 bridgehead atoms. The van der Waals surface area contributed by atoms with Crippen molar-refractivity contribution >= 4 is 0 Å². The standard InChI is InChI=1S/C15H22O/c1-12-5-4-9-15(2,3)14(12)7-6-13-8-10-16-11-13/h7-8,10-12H,4-6,9H2,1-3H3/b14-7+/t12-/m1/s1. The average molecular weight is 218 g/mol. The minimum Gasteiger partial charge on any atom is -0.472 e. The van der Waals surface area contributed by atoms with E-state index >= 15 is 0 Å². The van der Waals surface area contributed by atoms with Crippen LogP contribution in [0.1, 0.15) is 45.6 Å². The van der Waals surface area contributed by atoms with Gasteiger partial charge < -0.3 is 4.42 Å². The van der Waals surface area contributed by atoms with Crippen LogP contribution in [-0.2, 0) is 6.42 Å². The molecule has 88 valence electrons. The minimum absolute atomic E-state index is 0.390. The highest BCUT2D eigenvalue weighted by Crippen LogP contribution is 2.43. The third kappa shape index (κ3) is 2.40. The van der Waals surface area contributed by atoms with Gasteiger partial charge in [0.25, 0.3) is 0 Å². The van der Waals surface area contributed by atoms with Crippen molar-refractivity contribution in [3.63, 3.8) is 0 Å². The van der Waals surface area contributed by atoms with Crippen LogP contribution in [0.2, 0.25) is 0 Å². The van der Waals surface area contributed by atoms with E-state index < -0.39 is 0 Å². The van der Waals surface area contributed by atoms with E-state index in [1.165, 1.54) is 24.8 Å². The fourth-order valence-corrected chi connectivity index (χ4v) is 2.93. The average Bonchev–Trinajstić information content (AvgIpc) is 2.68. The van der Waals surface area contributed by atoms with Gasteiger partial charge in [-0.3, -0.25) is 0 Å². The third-order valence-corrected chi connectivity index (χ3v) is 3.89. The van der Waals surface area contributed by atoms with Crippen LogP contribution < -0.4 is 0 Å². The lowest BCUT2D eigenvalue weighted by Crippen LogP contribution is -2.25. The molecule has 1 fully saturated rings. The van der Waals surface area contributed by atoms with E-state index in [9.17, 15) is 0 Å². The summed E-state index contributed by atoms with van der Waals surface area (Å²) in [6.45, 7) is 7.12. The molecule has 1 aliphatic carbocycles. The van der Waals surface area contributed by atoms with Crippen molar-refractivity contribution in [1.29, 1.82) is 0 Å². The van der Waals surface area contributed by atoms with Crippen LogP contribution in [-0.4, -0.2) is 0 Å². The van der Waals surface area contributed by atoms with Gasteiger partial charge in [-0.2, -0.15) is 0 Å². The van der Waals surface area contributed by atoms with Crippen LogP contribution in [0, 0.1) is 11.3 Å². The lowest BCUT2D eigenvalue weighted by atomic mass is 9.68. The molecule has 1 atom stereocenters. The Morgan fingerprint density at radius 2 is 2.31 bits per heavy atom. The molecule has 16 heavy (non-hydrogen) atoms. The Balaban J connectivity index is 2.13. The fourth-order valence-electron chi connectivity index (χ4n) is 2.93. The van der Waals surface area contributed by atoms with Crippen molar-refractivity contribution in [2.24, 2.45) is 11.3 Å². The van der Waals surface area contributed by atoms with Crippen molar-refractivity contribution in [1.82, 2.24) is 0 Å². The summed E-state index contributed by atoms with van der Waals surface area (Å²) in [5.41, 5.74) is 3.31. The van der Waals surface area contributed by atoms with Crippen molar-refractivity contribution in [2.45, 2.75) is 46.5 Å². The van der Waals surface area contributed by atoms with Gasteiger partial charge in [0, 0.05) is 0 Å². The van der Waals surface area contributed by atoms with E-state index in [1.807, 2.05) is 6.26 Å². The predicted molar refractivity (Wildman–Crippen MR) is 67.3 cm³/mol. The maximum absolute atomic E-state index is 5.10. The molecular weight excluding hydrogens is 196 g/mol. The number of hydrogen-bond acceptors (Lipinski definition) is 1. The van der Waals surface area contributed by atoms with E-state index in [1.54, 1.807) is 11.8 Å². The van der Waals surface area contributed by atoms with Gasteiger partial charge in [0.15, 0.2) is 0 Å². The molecule has 1 heteroatoms. The molecule has 1 aliphatic rings. The summed E-state index contributed by atoms with van der Waals surface area (Å²) in [7, 11) is 0. The molecule has 1 aromatic heterocycles. The zero-order valence-corrected chi connectivity index (χ0v) is 10.6. The van der Waals surface area contributed by atoms with Gasteiger partial charge in [0.1, 0.15) is 0 Å². The molecule has 2 rings (SSSR count). The first kappa shape index (κ1) is 11.5. The zero-order valence-electron chi connectivity index (χ0n) is 10.6.